The van der Waals surface area contributed by atoms with Crippen LogP contribution >= 0.6 is 0 Å². The van der Waals surface area contributed by atoms with Crippen LogP contribution < -0.4 is 10.5 Å². The number of carbonyl (C=O) groups is 1. The second-order valence-corrected chi connectivity index (χ2v) is 7.69. The van der Waals surface area contributed by atoms with Crippen LogP contribution in [0.25, 0.3) is 0 Å². The topological polar surface area (TPSA) is 95.7 Å². The molecule has 0 amide bonds. The van der Waals surface area contributed by atoms with E-state index in [1.165, 1.54) is 0 Å². The Labute approximate surface area is 130 Å². The van der Waals surface area contributed by atoms with E-state index in [1.807, 2.05) is 0 Å². The van der Waals surface area contributed by atoms with E-state index in [9.17, 15) is 13.2 Å². The summed E-state index contributed by atoms with van der Waals surface area (Å²) >= 11 is 0. The molecule has 0 saturated heterocycles. The summed E-state index contributed by atoms with van der Waals surface area (Å²) in [6, 6.07) is 6.90. The molecule has 122 valence electrons. The minimum Gasteiger partial charge on any atom is -0.497 e. The van der Waals surface area contributed by atoms with E-state index in [-0.39, 0.29) is 12.4 Å². The van der Waals surface area contributed by atoms with Crippen molar-refractivity contribution in [3.63, 3.8) is 0 Å². The Bertz CT molecular complexity index is 655. The predicted octanol–water partition coefficient (Wildman–Crippen LogP) is 0.856. The molecule has 0 aromatic heterocycles. The Morgan fingerprint density at radius 3 is 2.32 bits per heavy atom. The van der Waals surface area contributed by atoms with Gasteiger partial charge in [-0.05, 0) is 24.6 Å². The SMILES string of the molecule is CCOC(=O)C1(N)C(c2ccc(OC)cc2)C1S(=O)(=O)CC. The maximum Gasteiger partial charge on any atom is 0.328 e. The molecule has 0 heterocycles. The maximum atomic E-state index is 12.3. The van der Waals surface area contributed by atoms with Crippen molar-refractivity contribution in [3.05, 3.63) is 29.8 Å². The number of methoxy groups -OCH3 is 1. The van der Waals surface area contributed by atoms with Gasteiger partial charge in [0.2, 0.25) is 0 Å². The zero-order chi connectivity index (χ0) is 16.5. The maximum absolute atomic E-state index is 12.3. The Balaban J connectivity index is 2.40. The van der Waals surface area contributed by atoms with Crippen LogP contribution in [0.2, 0.25) is 0 Å². The molecular weight excluding hydrogens is 306 g/mol. The number of sulfone groups is 1. The molecule has 1 aromatic rings. The molecule has 1 fully saturated rings. The van der Waals surface area contributed by atoms with Crippen LogP contribution in [0.4, 0.5) is 0 Å². The van der Waals surface area contributed by atoms with Crippen molar-refractivity contribution in [1.29, 1.82) is 0 Å². The van der Waals surface area contributed by atoms with E-state index >= 15 is 0 Å². The molecule has 1 aromatic carbocycles. The van der Waals surface area contributed by atoms with E-state index in [4.69, 9.17) is 15.2 Å². The van der Waals surface area contributed by atoms with Gasteiger partial charge < -0.3 is 15.2 Å². The Kier molecular flexibility index (Phi) is 4.49. The zero-order valence-electron chi connectivity index (χ0n) is 12.9. The number of rotatable bonds is 6. The fraction of sp³-hybridized carbons (Fsp3) is 0.533. The van der Waals surface area contributed by atoms with Gasteiger partial charge in [0, 0.05) is 11.7 Å². The highest BCUT2D eigenvalue weighted by atomic mass is 32.2. The molecule has 0 spiro atoms. The van der Waals surface area contributed by atoms with Gasteiger partial charge in [-0.25, -0.2) is 13.2 Å². The number of benzene rings is 1. The highest BCUT2D eigenvalue weighted by Gasteiger charge is 2.74. The third-order valence-electron chi connectivity index (χ3n) is 4.07. The number of hydrogen-bond donors (Lipinski definition) is 1. The van der Waals surface area contributed by atoms with Crippen molar-refractivity contribution >= 4 is 15.8 Å². The third-order valence-corrected chi connectivity index (χ3v) is 6.31. The number of ether oxygens (including phenoxy) is 2. The van der Waals surface area contributed by atoms with Gasteiger partial charge in [-0.2, -0.15) is 0 Å². The highest BCUT2D eigenvalue weighted by molar-refractivity contribution is 7.92. The molecule has 1 aliphatic carbocycles. The molecular formula is C15H21NO5S. The predicted molar refractivity (Wildman–Crippen MR) is 82.5 cm³/mol. The van der Waals surface area contributed by atoms with E-state index in [0.29, 0.717) is 11.3 Å². The molecule has 2 N–H and O–H groups in total. The summed E-state index contributed by atoms with van der Waals surface area (Å²) in [5.74, 6) is -0.679. The summed E-state index contributed by atoms with van der Waals surface area (Å²) in [4.78, 5) is 12.2. The third kappa shape index (κ3) is 2.59. The van der Waals surface area contributed by atoms with Crippen LogP contribution in [0, 0.1) is 0 Å². The van der Waals surface area contributed by atoms with Crippen molar-refractivity contribution in [2.45, 2.75) is 30.6 Å². The average Bonchev–Trinajstić information content (AvgIpc) is 3.16. The number of hydrogen-bond acceptors (Lipinski definition) is 6. The first-order chi connectivity index (χ1) is 10.3. The normalized spacial score (nSPS) is 27.3. The van der Waals surface area contributed by atoms with Crippen LogP contribution in [0.5, 0.6) is 5.75 Å². The van der Waals surface area contributed by atoms with Gasteiger partial charge in [-0.1, -0.05) is 19.1 Å². The number of nitrogens with two attached hydrogens (primary N) is 1. The fourth-order valence-corrected chi connectivity index (χ4v) is 4.73. The summed E-state index contributed by atoms with van der Waals surface area (Å²) in [5.41, 5.74) is 5.32. The molecule has 22 heavy (non-hydrogen) atoms. The smallest absolute Gasteiger partial charge is 0.328 e. The molecule has 0 bridgehead atoms. The Morgan fingerprint density at radius 1 is 1.27 bits per heavy atom. The molecule has 0 radical (unpaired) electrons. The van der Waals surface area contributed by atoms with Crippen LogP contribution in [-0.2, 0) is 19.4 Å². The fourth-order valence-electron chi connectivity index (χ4n) is 2.82. The van der Waals surface area contributed by atoms with Gasteiger partial charge in [0.1, 0.15) is 11.3 Å². The van der Waals surface area contributed by atoms with Crippen molar-refractivity contribution in [2.75, 3.05) is 19.5 Å². The van der Waals surface area contributed by atoms with Crippen LogP contribution in [0.15, 0.2) is 24.3 Å². The van der Waals surface area contributed by atoms with Gasteiger partial charge in [-0.3, -0.25) is 0 Å². The molecule has 0 aliphatic heterocycles. The van der Waals surface area contributed by atoms with Crippen molar-refractivity contribution in [3.8, 4) is 5.75 Å². The van der Waals surface area contributed by atoms with E-state index < -0.39 is 32.5 Å². The lowest BCUT2D eigenvalue weighted by molar-refractivity contribution is -0.145. The number of esters is 1. The second kappa shape index (κ2) is 5.89. The highest BCUT2D eigenvalue weighted by Crippen LogP contribution is 2.55. The van der Waals surface area contributed by atoms with Crippen LogP contribution in [-0.4, -0.2) is 44.6 Å². The van der Waals surface area contributed by atoms with Gasteiger partial charge in [0.15, 0.2) is 9.84 Å². The summed E-state index contributed by atoms with van der Waals surface area (Å²) in [6.45, 7) is 3.37. The minimum absolute atomic E-state index is 0.0668. The largest absolute Gasteiger partial charge is 0.497 e. The van der Waals surface area contributed by atoms with E-state index in [2.05, 4.69) is 0 Å². The lowest BCUT2D eigenvalue weighted by Gasteiger charge is -2.11. The molecule has 6 nitrogen and oxygen atoms in total. The van der Waals surface area contributed by atoms with Crippen molar-refractivity contribution in [2.24, 2.45) is 5.73 Å². The first kappa shape index (κ1) is 16.8. The monoisotopic (exact) mass is 327 g/mol. The van der Waals surface area contributed by atoms with E-state index in [1.54, 1.807) is 45.2 Å². The van der Waals surface area contributed by atoms with Crippen LogP contribution in [0.3, 0.4) is 0 Å². The first-order valence-corrected chi connectivity index (χ1v) is 8.86. The quantitative estimate of drug-likeness (QED) is 0.779. The van der Waals surface area contributed by atoms with E-state index in [0.717, 1.165) is 0 Å². The molecule has 3 atom stereocenters. The summed E-state index contributed by atoms with van der Waals surface area (Å²) < 4.78 is 34.6. The van der Waals surface area contributed by atoms with Crippen molar-refractivity contribution in [1.82, 2.24) is 0 Å². The number of carbonyl (C=O) groups excluding carboxylic acids is 1. The van der Waals surface area contributed by atoms with Crippen molar-refractivity contribution < 1.29 is 22.7 Å². The summed E-state index contributed by atoms with van der Waals surface area (Å²) in [5, 5.41) is -0.947. The summed E-state index contributed by atoms with van der Waals surface area (Å²) in [7, 11) is -1.92. The van der Waals surface area contributed by atoms with Gasteiger partial charge in [0.05, 0.1) is 19.0 Å². The molecule has 2 rings (SSSR count). The molecule has 7 heteroatoms. The Morgan fingerprint density at radius 2 is 1.86 bits per heavy atom. The average molecular weight is 327 g/mol. The standard InChI is InChI=1S/C15H21NO5S/c1-4-21-14(17)15(16)12(13(15)22(18,19)5-2)10-6-8-11(20-3)9-7-10/h6-9,12-13H,4-5,16H2,1-3H3. The zero-order valence-corrected chi connectivity index (χ0v) is 13.7. The van der Waals surface area contributed by atoms with Crippen LogP contribution in [0.1, 0.15) is 25.3 Å². The Hall–Kier alpha value is -1.60. The molecule has 1 aliphatic rings. The van der Waals surface area contributed by atoms with Gasteiger partial charge in [-0.15, -0.1) is 0 Å². The first-order valence-electron chi connectivity index (χ1n) is 7.14. The minimum atomic E-state index is -3.47. The second-order valence-electron chi connectivity index (χ2n) is 5.28. The van der Waals surface area contributed by atoms with Gasteiger partial charge in [0.25, 0.3) is 0 Å². The molecule has 1 saturated carbocycles. The molecule has 3 unspecified atom stereocenters. The lowest BCUT2D eigenvalue weighted by Crippen LogP contribution is -2.41. The lowest BCUT2D eigenvalue weighted by atomic mass is 10.1. The summed E-state index contributed by atoms with van der Waals surface area (Å²) in [6.07, 6.45) is 0. The van der Waals surface area contributed by atoms with Gasteiger partial charge >= 0.3 is 5.97 Å².